The maximum absolute atomic E-state index is 10.5. The van der Waals surface area contributed by atoms with Crippen molar-refractivity contribution >= 4 is 0 Å². The third-order valence-electron chi connectivity index (χ3n) is 6.29. The van der Waals surface area contributed by atoms with Crippen LogP contribution in [0.3, 0.4) is 0 Å². The highest BCUT2D eigenvalue weighted by Gasteiger charge is 2.65. The summed E-state index contributed by atoms with van der Waals surface area (Å²) in [6, 6.07) is 35.1. The van der Waals surface area contributed by atoms with Crippen molar-refractivity contribution in [2.24, 2.45) is 10.8 Å². The zero-order valence-electron chi connectivity index (χ0n) is 17.2. The van der Waals surface area contributed by atoms with Crippen LogP contribution < -0.4 is 5.32 Å². The topological polar surface area (TPSA) is 107 Å². The smallest absolute Gasteiger partial charge is 0.172 e. The molecular formula is C27H19N5. The molecule has 0 aliphatic carbocycles. The van der Waals surface area contributed by atoms with Gasteiger partial charge in [0.2, 0.25) is 0 Å². The van der Waals surface area contributed by atoms with E-state index in [0.29, 0.717) is 5.56 Å². The largest absolute Gasteiger partial charge is 0.298 e. The predicted octanol–water partition coefficient (Wildman–Crippen LogP) is 4.92. The van der Waals surface area contributed by atoms with E-state index in [2.05, 4.69) is 29.6 Å². The van der Waals surface area contributed by atoms with Crippen LogP contribution in [0.2, 0.25) is 0 Å². The highest BCUT2D eigenvalue weighted by atomic mass is 15.0. The van der Waals surface area contributed by atoms with Gasteiger partial charge in [-0.2, -0.15) is 21.0 Å². The molecule has 0 amide bonds. The van der Waals surface area contributed by atoms with E-state index in [-0.39, 0.29) is 0 Å². The number of hydrogen-bond acceptors (Lipinski definition) is 5. The molecule has 1 fully saturated rings. The standard InChI is InChI=1S/C27H19N5/c28-16-26(17-29)23(20-10-4-1-5-11-20)27(18-30,19-31)25(22-14-8-3-9-15-22)32-24(26)21-12-6-2-7-13-21/h1-15,23-25,32H. The SMILES string of the molecule is N#CC1(C#N)C(c2ccccc2)NC(c2ccccc2)C(C#N)(C#N)C1c1ccccc1. The Bertz CT molecular complexity index is 1150. The number of nitriles is 4. The van der Waals surface area contributed by atoms with Gasteiger partial charge < -0.3 is 0 Å². The van der Waals surface area contributed by atoms with Crippen LogP contribution in [0.5, 0.6) is 0 Å². The number of hydrogen-bond donors (Lipinski definition) is 1. The summed E-state index contributed by atoms with van der Waals surface area (Å²) in [6.07, 6.45) is 0. The summed E-state index contributed by atoms with van der Waals surface area (Å²) < 4.78 is 0. The van der Waals surface area contributed by atoms with Gasteiger partial charge >= 0.3 is 0 Å². The average Bonchev–Trinajstić information content (AvgIpc) is 2.88. The van der Waals surface area contributed by atoms with E-state index in [0.717, 1.165) is 11.1 Å². The third kappa shape index (κ3) is 3.02. The maximum atomic E-state index is 10.5. The molecule has 1 heterocycles. The lowest BCUT2D eigenvalue weighted by atomic mass is 9.51. The second kappa shape index (κ2) is 8.37. The molecule has 1 N–H and O–H groups in total. The molecule has 3 aromatic rings. The summed E-state index contributed by atoms with van der Waals surface area (Å²) in [5.41, 5.74) is -1.27. The summed E-state index contributed by atoms with van der Waals surface area (Å²) in [5.74, 6) is -0.974. The van der Waals surface area contributed by atoms with Crippen molar-refractivity contribution in [1.82, 2.24) is 5.32 Å². The first-order valence-electron chi connectivity index (χ1n) is 10.2. The van der Waals surface area contributed by atoms with Gasteiger partial charge in [-0.15, -0.1) is 0 Å². The monoisotopic (exact) mass is 413 g/mol. The van der Waals surface area contributed by atoms with Gasteiger partial charge in [0.25, 0.3) is 0 Å². The van der Waals surface area contributed by atoms with Gasteiger partial charge in [-0.3, -0.25) is 5.32 Å². The van der Waals surface area contributed by atoms with Gasteiger partial charge in [0, 0.05) is 0 Å². The van der Waals surface area contributed by atoms with Crippen molar-refractivity contribution in [3.05, 3.63) is 108 Å². The van der Waals surface area contributed by atoms with Crippen LogP contribution in [-0.2, 0) is 0 Å². The summed E-state index contributed by atoms with van der Waals surface area (Å²) in [4.78, 5) is 0. The molecule has 1 saturated heterocycles. The molecule has 3 aromatic carbocycles. The molecule has 2 unspecified atom stereocenters. The van der Waals surface area contributed by atoms with Gasteiger partial charge in [0.05, 0.1) is 42.3 Å². The number of piperidine rings is 1. The second-order valence-corrected chi connectivity index (χ2v) is 7.88. The molecule has 4 rings (SSSR count). The van der Waals surface area contributed by atoms with Gasteiger partial charge in [0.1, 0.15) is 0 Å². The van der Waals surface area contributed by atoms with Crippen LogP contribution in [0.25, 0.3) is 0 Å². The minimum Gasteiger partial charge on any atom is -0.298 e. The third-order valence-corrected chi connectivity index (χ3v) is 6.29. The van der Waals surface area contributed by atoms with Crippen molar-refractivity contribution in [2.45, 2.75) is 18.0 Å². The Morgan fingerprint density at radius 1 is 0.500 bits per heavy atom. The Morgan fingerprint density at radius 3 is 1.12 bits per heavy atom. The fourth-order valence-corrected chi connectivity index (χ4v) is 4.87. The second-order valence-electron chi connectivity index (χ2n) is 7.88. The van der Waals surface area contributed by atoms with Crippen LogP contribution in [0, 0.1) is 56.2 Å². The first-order chi connectivity index (χ1) is 15.7. The van der Waals surface area contributed by atoms with E-state index >= 15 is 0 Å². The molecule has 2 atom stereocenters. The first-order valence-corrected chi connectivity index (χ1v) is 10.2. The summed E-state index contributed by atoms with van der Waals surface area (Å²) in [7, 11) is 0. The van der Waals surface area contributed by atoms with Gasteiger partial charge in [-0.1, -0.05) is 91.0 Å². The molecule has 152 valence electrons. The van der Waals surface area contributed by atoms with Crippen molar-refractivity contribution in [3.8, 4) is 24.3 Å². The Kier molecular flexibility index (Phi) is 5.45. The number of benzene rings is 3. The Balaban J connectivity index is 2.08. The van der Waals surface area contributed by atoms with Crippen molar-refractivity contribution < 1.29 is 0 Å². The molecule has 1 aliphatic heterocycles. The van der Waals surface area contributed by atoms with Gasteiger partial charge in [-0.25, -0.2) is 0 Å². The molecule has 5 heteroatoms. The number of nitrogens with zero attached hydrogens (tertiary/aromatic N) is 4. The van der Waals surface area contributed by atoms with Gasteiger partial charge in [-0.05, 0) is 16.7 Å². The lowest BCUT2D eigenvalue weighted by molar-refractivity contribution is 0.0997. The zero-order chi connectivity index (χ0) is 22.6. The van der Waals surface area contributed by atoms with Crippen LogP contribution in [0.15, 0.2) is 91.0 Å². The Morgan fingerprint density at radius 2 is 0.812 bits per heavy atom. The quantitative estimate of drug-likeness (QED) is 0.655. The fraction of sp³-hybridized carbons (Fsp3) is 0.185. The lowest BCUT2D eigenvalue weighted by Crippen LogP contribution is -2.57. The van der Waals surface area contributed by atoms with Crippen molar-refractivity contribution in [1.29, 1.82) is 21.0 Å². The van der Waals surface area contributed by atoms with E-state index < -0.39 is 28.8 Å². The minimum atomic E-state index is -1.69. The summed E-state index contributed by atoms with van der Waals surface area (Å²) >= 11 is 0. The molecular weight excluding hydrogens is 394 g/mol. The van der Waals surface area contributed by atoms with Crippen molar-refractivity contribution in [3.63, 3.8) is 0 Å². The molecule has 0 radical (unpaired) electrons. The highest BCUT2D eigenvalue weighted by Crippen LogP contribution is 2.61. The molecule has 1 aliphatic rings. The van der Waals surface area contributed by atoms with E-state index in [1.807, 2.05) is 66.7 Å². The van der Waals surface area contributed by atoms with E-state index in [1.165, 1.54) is 0 Å². The number of rotatable bonds is 3. The average molecular weight is 413 g/mol. The Hall–Kier alpha value is -4.42. The highest BCUT2D eigenvalue weighted by molar-refractivity contribution is 5.49. The molecule has 0 aromatic heterocycles. The van der Waals surface area contributed by atoms with Crippen LogP contribution >= 0.6 is 0 Å². The Labute approximate surface area is 187 Å². The van der Waals surface area contributed by atoms with Crippen molar-refractivity contribution in [2.75, 3.05) is 0 Å². The minimum absolute atomic E-state index is 0.613. The molecule has 0 saturated carbocycles. The molecule has 5 nitrogen and oxygen atoms in total. The predicted molar refractivity (Wildman–Crippen MR) is 118 cm³/mol. The first kappa shape index (κ1) is 20.8. The molecule has 32 heavy (non-hydrogen) atoms. The summed E-state index contributed by atoms with van der Waals surface area (Å²) in [6.45, 7) is 0. The van der Waals surface area contributed by atoms with Crippen LogP contribution in [-0.4, -0.2) is 0 Å². The zero-order valence-corrected chi connectivity index (χ0v) is 17.2. The summed E-state index contributed by atoms with van der Waals surface area (Å²) in [5, 5.41) is 45.2. The lowest BCUT2D eigenvalue weighted by Gasteiger charge is -2.51. The normalized spacial score (nSPS) is 22.9. The molecule has 0 spiro atoms. The molecule has 0 bridgehead atoms. The van der Waals surface area contributed by atoms with Crippen LogP contribution in [0.4, 0.5) is 0 Å². The van der Waals surface area contributed by atoms with E-state index in [4.69, 9.17) is 0 Å². The number of nitrogens with one attached hydrogen (secondary N) is 1. The maximum Gasteiger partial charge on any atom is 0.172 e. The van der Waals surface area contributed by atoms with E-state index in [1.54, 1.807) is 24.3 Å². The fourth-order valence-electron chi connectivity index (χ4n) is 4.87. The van der Waals surface area contributed by atoms with E-state index in [9.17, 15) is 21.0 Å². The van der Waals surface area contributed by atoms with Crippen LogP contribution in [0.1, 0.15) is 34.7 Å². The van der Waals surface area contributed by atoms with Gasteiger partial charge in [0.15, 0.2) is 10.8 Å².